The van der Waals surface area contributed by atoms with Crippen molar-refractivity contribution in [2.45, 2.75) is 24.5 Å². The van der Waals surface area contributed by atoms with Gasteiger partial charge in [-0.05, 0) is 35.7 Å². The smallest absolute Gasteiger partial charge is 0.272 e. The number of aromatic nitrogens is 3. The molecule has 5 rings (SSSR count). The number of nitrogens with one attached hydrogen (secondary N) is 1. The molecule has 0 unspecified atom stereocenters. The first-order chi connectivity index (χ1) is 16.6. The molecule has 5 aromatic rings. The number of pyridine rings is 1. The molecule has 3 heterocycles. The van der Waals surface area contributed by atoms with Gasteiger partial charge in [-0.15, -0.1) is 11.3 Å². The van der Waals surface area contributed by atoms with Crippen LogP contribution in [0.2, 0.25) is 0 Å². The van der Waals surface area contributed by atoms with Gasteiger partial charge in [-0.3, -0.25) is 14.2 Å². The number of hydrogen-bond donors (Lipinski definition) is 1. The van der Waals surface area contributed by atoms with Crippen LogP contribution in [0, 0.1) is 0 Å². The van der Waals surface area contributed by atoms with Crippen molar-refractivity contribution in [1.82, 2.24) is 14.5 Å². The van der Waals surface area contributed by atoms with Crippen molar-refractivity contribution in [1.29, 1.82) is 0 Å². The van der Waals surface area contributed by atoms with Crippen LogP contribution in [0.15, 0.2) is 88.9 Å². The molecule has 0 saturated carbocycles. The predicted octanol–water partition coefficient (Wildman–Crippen LogP) is 5.54. The Morgan fingerprint density at radius 2 is 1.79 bits per heavy atom. The number of anilines is 1. The zero-order chi connectivity index (χ0) is 23.5. The summed E-state index contributed by atoms with van der Waals surface area (Å²) in [6.45, 7) is 2.56. The van der Waals surface area contributed by atoms with E-state index in [-0.39, 0.29) is 23.1 Å². The average Bonchev–Trinajstić information content (AvgIpc) is 3.24. The summed E-state index contributed by atoms with van der Waals surface area (Å²) in [5, 5.41) is 4.29. The Hall–Kier alpha value is -3.49. The highest BCUT2D eigenvalue weighted by molar-refractivity contribution is 7.99. The molecule has 0 bridgehead atoms. The highest BCUT2D eigenvalue weighted by atomic mass is 32.2. The minimum atomic E-state index is -0.148. The molecule has 6 nitrogen and oxygen atoms in total. The van der Waals surface area contributed by atoms with Gasteiger partial charge in [-0.1, -0.05) is 67.2 Å². The molecular weight excluding hydrogens is 464 g/mol. The number of amides is 1. The van der Waals surface area contributed by atoms with Gasteiger partial charge in [0.15, 0.2) is 5.16 Å². The van der Waals surface area contributed by atoms with Crippen molar-refractivity contribution in [2.75, 3.05) is 11.1 Å². The van der Waals surface area contributed by atoms with E-state index >= 15 is 0 Å². The molecule has 2 aromatic carbocycles. The number of para-hydroxylation sites is 1. The van der Waals surface area contributed by atoms with Gasteiger partial charge >= 0.3 is 0 Å². The largest absolute Gasteiger partial charge is 0.325 e. The van der Waals surface area contributed by atoms with E-state index < -0.39 is 0 Å². The second kappa shape index (κ2) is 9.79. The predicted molar refractivity (Wildman–Crippen MR) is 140 cm³/mol. The third-order valence-electron chi connectivity index (χ3n) is 5.53. The zero-order valence-corrected chi connectivity index (χ0v) is 20.1. The summed E-state index contributed by atoms with van der Waals surface area (Å²) in [7, 11) is 0. The maximum absolute atomic E-state index is 13.6. The molecule has 0 radical (unpaired) electrons. The van der Waals surface area contributed by atoms with E-state index in [0.29, 0.717) is 21.9 Å². The Morgan fingerprint density at radius 3 is 2.56 bits per heavy atom. The minimum absolute atomic E-state index is 0.0956. The molecule has 1 amide bonds. The first kappa shape index (κ1) is 22.3. The number of hydrogen-bond acceptors (Lipinski definition) is 6. The molecule has 8 heteroatoms. The van der Waals surface area contributed by atoms with Gasteiger partial charge in [0.05, 0.1) is 11.3 Å². The van der Waals surface area contributed by atoms with Gasteiger partial charge in [0.1, 0.15) is 9.53 Å². The highest BCUT2D eigenvalue weighted by Gasteiger charge is 2.19. The van der Waals surface area contributed by atoms with Crippen molar-refractivity contribution < 1.29 is 4.79 Å². The standard InChI is InChI=1S/C26H22N4O2S2/c1-17(18-9-4-2-5-10-18)15-30-25(32)23-22(20-13-8-14-27-24(20)34-23)29-26(30)33-16-21(31)28-19-11-6-3-7-12-19/h2-14,17H,15-16H2,1H3,(H,28,31)/t17-/m1/s1. The fraction of sp³-hybridized carbons (Fsp3) is 0.154. The van der Waals surface area contributed by atoms with Crippen LogP contribution in [0.25, 0.3) is 20.4 Å². The number of thioether (sulfide) groups is 1. The number of nitrogens with zero attached hydrogens (tertiary/aromatic N) is 3. The van der Waals surface area contributed by atoms with Crippen LogP contribution in [0.4, 0.5) is 5.69 Å². The number of benzene rings is 2. The molecule has 0 aliphatic rings. The van der Waals surface area contributed by atoms with Gasteiger partial charge in [0.2, 0.25) is 5.91 Å². The lowest BCUT2D eigenvalue weighted by Crippen LogP contribution is -2.25. The molecule has 1 atom stereocenters. The van der Waals surface area contributed by atoms with Crippen molar-refractivity contribution in [3.8, 4) is 0 Å². The SMILES string of the molecule is C[C@H](Cn1c(SCC(=O)Nc2ccccc2)nc2c(sc3ncccc32)c1=O)c1ccccc1. The maximum Gasteiger partial charge on any atom is 0.272 e. The van der Waals surface area contributed by atoms with Crippen molar-refractivity contribution >= 4 is 55.1 Å². The van der Waals surface area contributed by atoms with Crippen LogP contribution in [-0.4, -0.2) is 26.2 Å². The summed E-state index contributed by atoms with van der Waals surface area (Å²) < 4.78 is 2.29. The fourth-order valence-corrected chi connectivity index (χ4v) is 5.65. The first-order valence-electron chi connectivity index (χ1n) is 10.9. The second-order valence-corrected chi connectivity index (χ2v) is 9.90. The Balaban J connectivity index is 1.50. The number of carbonyl (C=O) groups excluding carboxylic acids is 1. The van der Waals surface area contributed by atoms with E-state index in [0.717, 1.165) is 21.5 Å². The Labute approximate surface area is 204 Å². The van der Waals surface area contributed by atoms with Crippen molar-refractivity contribution in [2.24, 2.45) is 0 Å². The molecule has 3 aromatic heterocycles. The first-order valence-corrected chi connectivity index (χ1v) is 12.7. The normalized spacial score (nSPS) is 12.1. The lowest BCUT2D eigenvalue weighted by Gasteiger charge is -2.17. The van der Waals surface area contributed by atoms with Gasteiger partial charge in [-0.25, -0.2) is 9.97 Å². The average molecular weight is 487 g/mol. The van der Waals surface area contributed by atoms with Gasteiger partial charge < -0.3 is 5.32 Å². The quantitative estimate of drug-likeness (QED) is 0.241. The van der Waals surface area contributed by atoms with Crippen LogP contribution >= 0.6 is 23.1 Å². The lowest BCUT2D eigenvalue weighted by molar-refractivity contribution is -0.113. The molecule has 0 spiro atoms. The number of thiophene rings is 1. The van der Waals surface area contributed by atoms with Crippen molar-refractivity contribution in [3.63, 3.8) is 0 Å². The van der Waals surface area contributed by atoms with E-state index in [1.165, 1.54) is 23.1 Å². The van der Waals surface area contributed by atoms with Crippen LogP contribution in [0.3, 0.4) is 0 Å². The summed E-state index contributed by atoms with van der Waals surface area (Å²) in [5.74, 6) is 0.0977. The third kappa shape index (κ3) is 4.60. The fourth-order valence-electron chi connectivity index (χ4n) is 3.82. The lowest BCUT2D eigenvalue weighted by atomic mass is 10.0. The summed E-state index contributed by atoms with van der Waals surface area (Å²) >= 11 is 2.64. The van der Waals surface area contributed by atoms with E-state index in [2.05, 4.69) is 29.4 Å². The van der Waals surface area contributed by atoms with Crippen LogP contribution in [-0.2, 0) is 11.3 Å². The number of carbonyl (C=O) groups is 1. The Kier molecular flexibility index (Phi) is 6.42. The Morgan fingerprint density at radius 1 is 1.06 bits per heavy atom. The van der Waals surface area contributed by atoms with Crippen LogP contribution in [0.5, 0.6) is 0 Å². The summed E-state index contributed by atoms with van der Waals surface area (Å²) in [6, 6.07) is 23.2. The maximum atomic E-state index is 13.6. The third-order valence-corrected chi connectivity index (χ3v) is 7.60. The highest BCUT2D eigenvalue weighted by Crippen LogP contribution is 2.31. The molecule has 1 N–H and O–H groups in total. The van der Waals surface area contributed by atoms with Crippen molar-refractivity contribution in [3.05, 3.63) is 94.9 Å². The van der Waals surface area contributed by atoms with E-state index in [1.807, 2.05) is 60.7 Å². The van der Waals surface area contributed by atoms with E-state index in [4.69, 9.17) is 4.98 Å². The van der Waals surface area contributed by atoms with Crippen LogP contribution in [0.1, 0.15) is 18.4 Å². The van der Waals surface area contributed by atoms with Gasteiger partial charge in [0.25, 0.3) is 5.56 Å². The Bertz CT molecular complexity index is 1510. The summed E-state index contributed by atoms with van der Waals surface area (Å²) in [6.07, 6.45) is 1.72. The molecule has 0 aliphatic carbocycles. The van der Waals surface area contributed by atoms with E-state index in [1.54, 1.807) is 10.8 Å². The topological polar surface area (TPSA) is 76.9 Å². The van der Waals surface area contributed by atoms with E-state index in [9.17, 15) is 9.59 Å². The minimum Gasteiger partial charge on any atom is -0.325 e. The molecule has 0 aliphatic heterocycles. The molecular formula is C26H22N4O2S2. The van der Waals surface area contributed by atoms with Crippen LogP contribution < -0.4 is 10.9 Å². The molecule has 0 saturated heterocycles. The molecule has 170 valence electrons. The molecule has 0 fully saturated rings. The second-order valence-electron chi connectivity index (χ2n) is 7.96. The van der Waals surface area contributed by atoms with Gasteiger partial charge in [0, 0.05) is 23.8 Å². The number of rotatable bonds is 7. The zero-order valence-electron chi connectivity index (χ0n) is 18.5. The molecule has 34 heavy (non-hydrogen) atoms. The number of fused-ring (bicyclic) bond motifs is 3. The van der Waals surface area contributed by atoms with Gasteiger partial charge in [-0.2, -0.15) is 0 Å². The monoisotopic (exact) mass is 486 g/mol. The summed E-state index contributed by atoms with van der Waals surface area (Å²) in [4.78, 5) is 36.3. The summed E-state index contributed by atoms with van der Waals surface area (Å²) in [5.41, 5.74) is 2.43.